The zero-order valence-electron chi connectivity index (χ0n) is 11.6. The van der Waals surface area contributed by atoms with Crippen molar-refractivity contribution in [3.63, 3.8) is 0 Å². The molecule has 2 aromatic rings. The molecule has 5 nitrogen and oxygen atoms in total. The molecule has 2 rings (SSSR count). The summed E-state index contributed by atoms with van der Waals surface area (Å²) >= 11 is 5.91. The Kier molecular flexibility index (Phi) is 4.45. The van der Waals surface area contributed by atoms with E-state index in [0.29, 0.717) is 11.3 Å². The smallest absolute Gasteiger partial charge is 0.161 e. The summed E-state index contributed by atoms with van der Waals surface area (Å²) in [7, 11) is 3.08. The van der Waals surface area contributed by atoms with Crippen LogP contribution in [0, 0.1) is 0 Å². The average Bonchev–Trinajstić information content (AvgIpc) is 2.51. The van der Waals surface area contributed by atoms with Crippen LogP contribution in [0.5, 0.6) is 17.2 Å². The van der Waals surface area contributed by atoms with Gasteiger partial charge in [0.05, 0.1) is 12.1 Å². The number of hydrogen-bond donors (Lipinski definition) is 3. The van der Waals surface area contributed by atoms with Crippen LogP contribution in [0.2, 0.25) is 5.02 Å². The predicted octanol–water partition coefficient (Wildman–Crippen LogP) is 3.08. The molecule has 0 amide bonds. The molecule has 0 bridgehead atoms. The molecule has 0 saturated heterocycles. The number of aromatic hydroxyl groups is 2. The third-order valence-corrected chi connectivity index (χ3v) is 3.52. The number of nitrogen functional groups attached to an aromatic ring is 1. The lowest BCUT2D eigenvalue weighted by Gasteiger charge is -2.19. The number of halogens is 1. The van der Waals surface area contributed by atoms with Gasteiger partial charge in [-0.2, -0.15) is 0 Å². The van der Waals surface area contributed by atoms with Gasteiger partial charge in [0.25, 0.3) is 0 Å². The summed E-state index contributed by atoms with van der Waals surface area (Å²) in [5, 5.41) is 19.8. The minimum absolute atomic E-state index is 0.0517. The highest BCUT2D eigenvalue weighted by Gasteiger charge is 2.22. The minimum atomic E-state index is -0.573. The van der Waals surface area contributed by atoms with Crippen molar-refractivity contribution in [3.05, 3.63) is 46.5 Å². The maximum absolute atomic E-state index is 10.1. The fourth-order valence-corrected chi connectivity index (χ4v) is 2.31. The van der Waals surface area contributed by atoms with Gasteiger partial charge in [0.2, 0.25) is 0 Å². The molecule has 0 aliphatic carbocycles. The highest BCUT2D eigenvalue weighted by Crippen LogP contribution is 2.44. The topological polar surface area (TPSA) is 84.9 Å². The van der Waals surface area contributed by atoms with Gasteiger partial charge in [0, 0.05) is 12.7 Å². The Morgan fingerprint density at radius 3 is 2.24 bits per heavy atom. The first-order valence-corrected chi connectivity index (χ1v) is 6.54. The van der Waals surface area contributed by atoms with Crippen molar-refractivity contribution in [2.45, 2.75) is 6.10 Å². The van der Waals surface area contributed by atoms with Gasteiger partial charge < -0.3 is 25.4 Å². The standard InChI is InChI=1S/C15H16ClNO4/c1-20-9-5-3-8(4-6-9)15(21-2)10-7-11(16)14(19)12(17)13(10)18/h3-7,15,18-19H,17H2,1-2H3. The molecule has 0 aromatic heterocycles. The Morgan fingerprint density at radius 1 is 1.10 bits per heavy atom. The van der Waals surface area contributed by atoms with E-state index >= 15 is 0 Å². The van der Waals surface area contributed by atoms with E-state index in [4.69, 9.17) is 26.8 Å². The Morgan fingerprint density at radius 2 is 1.71 bits per heavy atom. The molecule has 112 valence electrons. The van der Waals surface area contributed by atoms with Gasteiger partial charge in [-0.25, -0.2) is 0 Å². The fraction of sp³-hybridized carbons (Fsp3) is 0.200. The number of phenols is 2. The first-order valence-electron chi connectivity index (χ1n) is 6.16. The Hall–Kier alpha value is -2.11. The van der Waals surface area contributed by atoms with E-state index in [0.717, 1.165) is 5.56 Å². The lowest BCUT2D eigenvalue weighted by Crippen LogP contribution is -2.05. The summed E-state index contributed by atoms with van der Waals surface area (Å²) in [5.74, 6) is 0.114. The van der Waals surface area contributed by atoms with Crippen molar-refractivity contribution < 1.29 is 19.7 Å². The van der Waals surface area contributed by atoms with E-state index in [1.54, 1.807) is 19.2 Å². The molecular weight excluding hydrogens is 294 g/mol. The zero-order chi connectivity index (χ0) is 15.6. The van der Waals surface area contributed by atoms with Gasteiger partial charge >= 0.3 is 0 Å². The molecule has 21 heavy (non-hydrogen) atoms. The van der Waals surface area contributed by atoms with E-state index in [-0.39, 0.29) is 22.2 Å². The maximum atomic E-state index is 10.1. The van der Waals surface area contributed by atoms with Gasteiger partial charge in [0.1, 0.15) is 23.3 Å². The lowest BCUT2D eigenvalue weighted by molar-refractivity contribution is 0.134. The molecule has 0 radical (unpaired) electrons. The molecule has 1 atom stereocenters. The average molecular weight is 310 g/mol. The lowest BCUT2D eigenvalue weighted by atomic mass is 9.99. The monoisotopic (exact) mass is 309 g/mol. The van der Waals surface area contributed by atoms with E-state index in [1.807, 2.05) is 12.1 Å². The van der Waals surface area contributed by atoms with Gasteiger partial charge in [-0.3, -0.25) is 0 Å². The number of anilines is 1. The largest absolute Gasteiger partial charge is 0.505 e. The van der Waals surface area contributed by atoms with Gasteiger partial charge in [-0.15, -0.1) is 0 Å². The molecular formula is C15H16ClNO4. The zero-order valence-corrected chi connectivity index (χ0v) is 12.4. The maximum Gasteiger partial charge on any atom is 0.161 e. The van der Waals surface area contributed by atoms with Gasteiger partial charge in [-0.05, 0) is 23.8 Å². The summed E-state index contributed by atoms with van der Waals surface area (Å²) in [6, 6.07) is 8.61. The molecule has 0 aliphatic heterocycles. The third kappa shape index (κ3) is 2.84. The number of rotatable bonds is 4. The van der Waals surface area contributed by atoms with E-state index in [2.05, 4.69) is 0 Å². The quantitative estimate of drug-likeness (QED) is 0.597. The number of nitrogens with two attached hydrogens (primary N) is 1. The molecule has 1 unspecified atom stereocenters. The van der Waals surface area contributed by atoms with Crippen LogP contribution >= 0.6 is 11.6 Å². The Balaban J connectivity index is 2.50. The predicted molar refractivity (Wildman–Crippen MR) is 81.0 cm³/mol. The third-order valence-electron chi connectivity index (χ3n) is 3.23. The second-order valence-electron chi connectivity index (χ2n) is 4.45. The Labute approximate surface area is 127 Å². The summed E-state index contributed by atoms with van der Waals surface area (Å²) in [5.41, 5.74) is 6.63. The minimum Gasteiger partial charge on any atom is -0.505 e. The van der Waals surface area contributed by atoms with Crippen molar-refractivity contribution in [3.8, 4) is 17.2 Å². The van der Waals surface area contributed by atoms with Crippen molar-refractivity contribution in [2.75, 3.05) is 20.0 Å². The van der Waals surface area contributed by atoms with Crippen LogP contribution in [0.3, 0.4) is 0 Å². The molecule has 0 aliphatic rings. The number of hydrogen-bond acceptors (Lipinski definition) is 5. The van der Waals surface area contributed by atoms with Gasteiger partial charge in [0.15, 0.2) is 5.75 Å². The van der Waals surface area contributed by atoms with Crippen molar-refractivity contribution in [1.29, 1.82) is 0 Å². The highest BCUT2D eigenvalue weighted by atomic mass is 35.5. The normalized spacial score (nSPS) is 12.1. The molecule has 2 aromatic carbocycles. The fourth-order valence-electron chi connectivity index (χ4n) is 2.09. The van der Waals surface area contributed by atoms with E-state index < -0.39 is 6.10 Å². The van der Waals surface area contributed by atoms with Crippen LogP contribution in [0.15, 0.2) is 30.3 Å². The summed E-state index contributed by atoms with van der Waals surface area (Å²) in [6.07, 6.45) is -0.573. The van der Waals surface area contributed by atoms with Crippen LogP contribution in [-0.2, 0) is 4.74 Å². The van der Waals surface area contributed by atoms with E-state index in [1.165, 1.54) is 13.2 Å². The SMILES string of the molecule is COc1ccc(C(OC)c2cc(Cl)c(O)c(N)c2O)cc1. The number of benzene rings is 2. The number of methoxy groups -OCH3 is 2. The molecule has 6 heteroatoms. The molecule has 0 spiro atoms. The number of ether oxygens (including phenoxy) is 2. The second-order valence-corrected chi connectivity index (χ2v) is 4.85. The van der Waals surface area contributed by atoms with Crippen molar-refractivity contribution in [1.82, 2.24) is 0 Å². The summed E-state index contributed by atoms with van der Waals surface area (Å²) < 4.78 is 10.5. The van der Waals surface area contributed by atoms with Gasteiger partial charge in [-0.1, -0.05) is 23.7 Å². The highest BCUT2D eigenvalue weighted by molar-refractivity contribution is 6.32. The molecule has 0 fully saturated rings. The molecule has 0 heterocycles. The first-order chi connectivity index (χ1) is 9.99. The summed E-state index contributed by atoms with van der Waals surface area (Å²) in [6.45, 7) is 0. The van der Waals surface area contributed by atoms with E-state index in [9.17, 15) is 10.2 Å². The summed E-state index contributed by atoms with van der Waals surface area (Å²) in [4.78, 5) is 0. The first kappa shape index (κ1) is 15.3. The second kappa shape index (κ2) is 6.11. The van der Waals surface area contributed by atoms with Crippen LogP contribution in [0.4, 0.5) is 5.69 Å². The van der Waals surface area contributed by atoms with Crippen LogP contribution in [0.1, 0.15) is 17.2 Å². The Bertz CT molecular complexity index is 643. The molecule has 4 N–H and O–H groups in total. The van der Waals surface area contributed by atoms with Crippen molar-refractivity contribution >= 4 is 17.3 Å². The number of phenolic OH excluding ortho intramolecular Hbond substituents is 2. The molecule has 0 saturated carbocycles. The van der Waals surface area contributed by atoms with Crippen LogP contribution < -0.4 is 10.5 Å². The van der Waals surface area contributed by atoms with Crippen LogP contribution in [0.25, 0.3) is 0 Å². The van der Waals surface area contributed by atoms with Crippen LogP contribution in [-0.4, -0.2) is 24.4 Å². The van der Waals surface area contributed by atoms with Crippen molar-refractivity contribution in [2.24, 2.45) is 0 Å².